The Morgan fingerprint density at radius 2 is 1.97 bits per heavy atom. The highest BCUT2D eigenvalue weighted by atomic mass is 35.5. The van der Waals surface area contributed by atoms with Gasteiger partial charge >= 0.3 is 0 Å². The van der Waals surface area contributed by atoms with Crippen LogP contribution in [0.15, 0.2) is 24.5 Å². The van der Waals surface area contributed by atoms with Crippen molar-refractivity contribution in [1.29, 1.82) is 0 Å². The summed E-state index contributed by atoms with van der Waals surface area (Å²) in [5.74, 6) is -0.568. The lowest BCUT2D eigenvalue weighted by molar-refractivity contribution is -0.0930. The van der Waals surface area contributed by atoms with E-state index in [1.807, 2.05) is 0 Å². The molecule has 1 aromatic heterocycles. The first-order valence-corrected chi connectivity index (χ1v) is 11.7. The van der Waals surface area contributed by atoms with Gasteiger partial charge in [-0.05, 0) is 49.3 Å². The number of carbonyl (C=O) groups excluding carboxylic acids is 1. The first kappa shape index (κ1) is 21.9. The number of hydrogen-bond acceptors (Lipinski definition) is 4. The Morgan fingerprint density at radius 1 is 1.34 bits per heavy atom. The average Bonchev–Trinajstić information content (AvgIpc) is 2.94. The Morgan fingerprint density at radius 3 is 2.52 bits per heavy atom. The average molecular weight is 442 g/mol. The van der Waals surface area contributed by atoms with Crippen LogP contribution in [-0.2, 0) is 17.8 Å². The van der Waals surface area contributed by atoms with Crippen LogP contribution in [0.5, 0.6) is 0 Å². The highest BCUT2D eigenvalue weighted by Gasteiger charge is 2.53. The van der Waals surface area contributed by atoms with Crippen LogP contribution in [0, 0.1) is 11.2 Å². The number of anilines is 1. The number of halogens is 2. The molecule has 2 saturated carbocycles. The van der Waals surface area contributed by atoms with E-state index in [4.69, 9.17) is 11.6 Å². The molecule has 1 heterocycles. The predicted octanol–water partition coefficient (Wildman–Crippen LogP) is 3.48. The van der Waals surface area contributed by atoms with Gasteiger partial charge in [0.05, 0.1) is 23.1 Å². The molecule has 0 bridgehead atoms. The molecule has 158 valence electrons. The standard InChI is InChI=1S/C18H19ClFN3O2.C2H6OS/c1-23-9-21-15(10-5-18(6-10)7-12(24)8-18)16(23)17(25)22-11-2-3-14(20)13(19)4-11;1-4(2)3/h2-4,9-10,12,24H,5-8H2,1H3,(H,22,25);1-2H3. The summed E-state index contributed by atoms with van der Waals surface area (Å²) in [6.45, 7) is 0. The van der Waals surface area contributed by atoms with Crippen LogP contribution >= 0.6 is 11.6 Å². The summed E-state index contributed by atoms with van der Waals surface area (Å²) in [7, 11) is 1.17. The van der Waals surface area contributed by atoms with Crippen molar-refractivity contribution in [2.24, 2.45) is 12.5 Å². The molecule has 2 N–H and O–H groups in total. The maximum absolute atomic E-state index is 13.3. The third kappa shape index (κ3) is 4.87. The molecule has 0 saturated heterocycles. The number of amides is 1. The van der Waals surface area contributed by atoms with Crippen molar-refractivity contribution in [2.75, 3.05) is 17.8 Å². The number of nitrogens with one attached hydrogen (secondary N) is 1. The van der Waals surface area contributed by atoms with Crippen molar-refractivity contribution in [2.45, 2.75) is 37.7 Å². The molecule has 2 aliphatic rings. The largest absolute Gasteiger partial charge is 0.393 e. The van der Waals surface area contributed by atoms with Crippen LogP contribution in [-0.4, -0.2) is 43.4 Å². The Labute approximate surface area is 176 Å². The SMILES string of the molecule is CS(C)=O.Cn1cnc(C2CC3(CC(O)C3)C2)c1C(=O)Nc1ccc(F)c(Cl)c1. The molecule has 2 aromatic rings. The summed E-state index contributed by atoms with van der Waals surface area (Å²) in [4.78, 5) is 17.1. The normalized spacial score (nSPS) is 25.1. The van der Waals surface area contributed by atoms with Crippen molar-refractivity contribution in [3.8, 4) is 0 Å². The van der Waals surface area contributed by atoms with Crippen LogP contribution < -0.4 is 5.32 Å². The van der Waals surface area contributed by atoms with E-state index in [0.717, 1.165) is 31.4 Å². The summed E-state index contributed by atoms with van der Waals surface area (Å²) in [6.07, 6.45) is 8.38. The second kappa shape index (κ2) is 8.53. The molecule has 2 fully saturated rings. The lowest BCUT2D eigenvalue weighted by atomic mass is 9.50. The first-order valence-electron chi connectivity index (χ1n) is 9.31. The fourth-order valence-electron chi connectivity index (χ4n) is 4.24. The third-order valence-electron chi connectivity index (χ3n) is 5.44. The molecular weight excluding hydrogens is 417 g/mol. The minimum atomic E-state index is -0.611. The van der Waals surface area contributed by atoms with Gasteiger partial charge in [0.15, 0.2) is 0 Å². The van der Waals surface area contributed by atoms with E-state index in [9.17, 15) is 18.5 Å². The number of hydrogen-bond donors (Lipinski definition) is 2. The van der Waals surface area contributed by atoms with Gasteiger partial charge in [0.25, 0.3) is 5.91 Å². The fourth-order valence-corrected chi connectivity index (χ4v) is 4.42. The molecule has 0 unspecified atom stereocenters. The van der Waals surface area contributed by atoms with E-state index in [2.05, 4.69) is 10.3 Å². The Balaban J connectivity index is 0.000000552. The topological polar surface area (TPSA) is 84.2 Å². The fraction of sp³-hybridized carbons (Fsp3) is 0.500. The van der Waals surface area contributed by atoms with Gasteiger partial charge in [0.1, 0.15) is 11.5 Å². The van der Waals surface area contributed by atoms with Gasteiger partial charge in [-0.3, -0.25) is 9.00 Å². The Kier molecular flexibility index (Phi) is 6.45. The van der Waals surface area contributed by atoms with Crippen LogP contribution in [0.25, 0.3) is 0 Å². The van der Waals surface area contributed by atoms with E-state index >= 15 is 0 Å². The zero-order chi connectivity index (χ0) is 21.3. The van der Waals surface area contributed by atoms with Gasteiger partial charge in [0.2, 0.25) is 0 Å². The zero-order valence-electron chi connectivity index (χ0n) is 16.6. The number of aryl methyl sites for hydroxylation is 1. The van der Waals surface area contributed by atoms with Crippen LogP contribution in [0.1, 0.15) is 47.8 Å². The lowest BCUT2D eigenvalue weighted by Gasteiger charge is -2.56. The highest BCUT2D eigenvalue weighted by molar-refractivity contribution is 7.83. The Bertz CT molecular complexity index is 931. The van der Waals surface area contributed by atoms with Crippen molar-refractivity contribution < 1.29 is 18.5 Å². The van der Waals surface area contributed by atoms with Gasteiger partial charge in [-0.15, -0.1) is 0 Å². The summed E-state index contributed by atoms with van der Waals surface area (Å²) >= 11 is 5.77. The van der Waals surface area contributed by atoms with Gasteiger partial charge in [0, 0.05) is 42.0 Å². The number of benzene rings is 1. The number of aromatic nitrogens is 2. The quantitative estimate of drug-likeness (QED) is 0.763. The van der Waals surface area contributed by atoms with E-state index in [0.29, 0.717) is 11.4 Å². The predicted molar refractivity (Wildman–Crippen MR) is 112 cm³/mol. The lowest BCUT2D eigenvalue weighted by Crippen LogP contribution is -2.49. The third-order valence-corrected chi connectivity index (χ3v) is 5.73. The molecule has 0 radical (unpaired) electrons. The number of nitrogens with zero attached hydrogens (tertiary/aromatic N) is 2. The summed E-state index contributed by atoms with van der Waals surface area (Å²) in [5.41, 5.74) is 2.00. The number of carbonyl (C=O) groups is 1. The van der Waals surface area contributed by atoms with Gasteiger partial charge in [-0.2, -0.15) is 0 Å². The summed E-state index contributed by atoms with van der Waals surface area (Å²) < 4.78 is 24.5. The molecule has 4 rings (SSSR count). The molecule has 6 nitrogen and oxygen atoms in total. The minimum Gasteiger partial charge on any atom is -0.393 e. The maximum atomic E-state index is 13.3. The van der Waals surface area contributed by atoms with Crippen molar-refractivity contribution in [3.05, 3.63) is 46.8 Å². The van der Waals surface area contributed by atoms with E-state index in [1.165, 1.54) is 18.2 Å². The monoisotopic (exact) mass is 441 g/mol. The molecular formula is C20H25ClFN3O3S. The minimum absolute atomic E-state index is 0.0347. The highest BCUT2D eigenvalue weighted by Crippen LogP contribution is 2.61. The van der Waals surface area contributed by atoms with E-state index in [-0.39, 0.29) is 28.4 Å². The van der Waals surface area contributed by atoms with Gasteiger partial charge < -0.3 is 15.0 Å². The summed E-state index contributed by atoms with van der Waals surface area (Å²) in [6, 6.07) is 4.09. The second-order valence-corrected chi connectivity index (χ2v) is 9.97. The number of aliphatic hydroxyl groups excluding tert-OH is 1. The zero-order valence-corrected chi connectivity index (χ0v) is 18.2. The number of rotatable bonds is 3. The van der Waals surface area contributed by atoms with Crippen molar-refractivity contribution in [1.82, 2.24) is 9.55 Å². The molecule has 0 aliphatic heterocycles. The van der Waals surface area contributed by atoms with Crippen molar-refractivity contribution >= 4 is 34.0 Å². The molecule has 2 aliphatic carbocycles. The second-order valence-electron chi connectivity index (χ2n) is 8.08. The maximum Gasteiger partial charge on any atom is 0.274 e. The Hall–Kier alpha value is -1.77. The smallest absolute Gasteiger partial charge is 0.274 e. The van der Waals surface area contributed by atoms with Crippen molar-refractivity contribution in [3.63, 3.8) is 0 Å². The van der Waals surface area contributed by atoms with E-state index in [1.54, 1.807) is 30.5 Å². The molecule has 0 atom stereocenters. The first-order chi connectivity index (χ1) is 13.6. The summed E-state index contributed by atoms with van der Waals surface area (Å²) in [5, 5.41) is 12.3. The molecule has 1 spiro atoms. The van der Waals surface area contributed by atoms with Gasteiger partial charge in [-0.1, -0.05) is 11.6 Å². The van der Waals surface area contributed by atoms with Crippen LogP contribution in [0.3, 0.4) is 0 Å². The molecule has 1 aromatic carbocycles. The molecule has 29 heavy (non-hydrogen) atoms. The number of imidazole rings is 1. The molecule has 1 amide bonds. The van der Waals surface area contributed by atoms with E-state index < -0.39 is 16.6 Å². The number of aliphatic hydroxyl groups is 1. The van der Waals surface area contributed by atoms with Crippen LogP contribution in [0.4, 0.5) is 10.1 Å². The molecule has 9 heteroatoms. The van der Waals surface area contributed by atoms with Gasteiger partial charge in [-0.25, -0.2) is 9.37 Å². The van der Waals surface area contributed by atoms with Crippen LogP contribution in [0.2, 0.25) is 5.02 Å².